The molecule has 0 radical (unpaired) electrons. The smallest absolute Gasteiger partial charge is 0.387 e. The molecule has 0 aliphatic carbocycles. The second-order valence-corrected chi connectivity index (χ2v) is 4.59. The first kappa shape index (κ1) is 15.4. The Morgan fingerprint density at radius 3 is 2.61 bits per heavy atom. The number of halogens is 4. The summed E-state index contributed by atoms with van der Waals surface area (Å²) in [6.07, 6.45) is 0. The SMILES string of the molecule is CCOC(=O)c1cc(OC(F)F)c(Br)cc1CBr. The van der Waals surface area contributed by atoms with E-state index < -0.39 is 12.6 Å². The van der Waals surface area contributed by atoms with Gasteiger partial charge in [-0.3, -0.25) is 0 Å². The van der Waals surface area contributed by atoms with Gasteiger partial charge in [0.15, 0.2) is 0 Å². The summed E-state index contributed by atoms with van der Waals surface area (Å²) >= 11 is 6.33. The van der Waals surface area contributed by atoms with E-state index in [-0.39, 0.29) is 17.9 Å². The van der Waals surface area contributed by atoms with E-state index in [0.29, 0.717) is 15.4 Å². The van der Waals surface area contributed by atoms with Crippen LogP contribution in [-0.4, -0.2) is 19.2 Å². The topological polar surface area (TPSA) is 35.5 Å². The van der Waals surface area contributed by atoms with Gasteiger partial charge in [0.2, 0.25) is 0 Å². The Morgan fingerprint density at radius 1 is 1.44 bits per heavy atom. The molecule has 0 atom stereocenters. The molecule has 0 heterocycles. The van der Waals surface area contributed by atoms with E-state index in [0.717, 1.165) is 0 Å². The van der Waals surface area contributed by atoms with Gasteiger partial charge in [0.1, 0.15) is 5.75 Å². The molecule has 3 nitrogen and oxygen atoms in total. The van der Waals surface area contributed by atoms with Gasteiger partial charge in [-0.05, 0) is 40.5 Å². The van der Waals surface area contributed by atoms with Crippen molar-refractivity contribution >= 4 is 37.8 Å². The van der Waals surface area contributed by atoms with E-state index in [1.54, 1.807) is 13.0 Å². The van der Waals surface area contributed by atoms with Crippen LogP contribution in [0, 0.1) is 0 Å². The number of carbonyl (C=O) groups excluding carboxylic acids is 1. The highest BCUT2D eigenvalue weighted by molar-refractivity contribution is 9.10. The van der Waals surface area contributed by atoms with Crippen molar-refractivity contribution in [2.45, 2.75) is 18.9 Å². The first-order chi connectivity index (χ1) is 8.49. The molecule has 1 rings (SSSR count). The maximum Gasteiger partial charge on any atom is 0.387 e. The van der Waals surface area contributed by atoms with Crippen molar-refractivity contribution in [3.8, 4) is 5.75 Å². The molecule has 0 amide bonds. The van der Waals surface area contributed by atoms with Crippen LogP contribution in [0.15, 0.2) is 16.6 Å². The number of alkyl halides is 3. The summed E-state index contributed by atoms with van der Waals surface area (Å²) in [4.78, 5) is 11.7. The fourth-order valence-corrected chi connectivity index (χ4v) is 2.24. The fourth-order valence-electron chi connectivity index (χ4n) is 1.29. The number of rotatable bonds is 5. The van der Waals surface area contributed by atoms with Crippen LogP contribution in [0.3, 0.4) is 0 Å². The Kier molecular flexibility index (Phi) is 6.01. The highest BCUT2D eigenvalue weighted by Crippen LogP contribution is 2.31. The van der Waals surface area contributed by atoms with Gasteiger partial charge in [-0.15, -0.1) is 0 Å². The van der Waals surface area contributed by atoms with Crippen LogP contribution < -0.4 is 4.74 Å². The zero-order chi connectivity index (χ0) is 13.7. The lowest BCUT2D eigenvalue weighted by Gasteiger charge is -2.12. The average Bonchev–Trinajstić information content (AvgIpc) is 2.30. The molecule has 0 aromatic heterocycles. The highest BCUT2D eigenvalue weighted by Gasteiger charge is 2.17. The molecule has 18 heavy (non-hydrogen) atoms. The normalized spacial score (nSPS) is 10.6. The van der Waals surface area contributed by atoms with Crippen LogP contribution in [0.2, 0.25) is 0 Å². The first-order valence-electron chi connectivity index (χ1n) is 4.99. The van der Waals surface area contributed by atoms with Crippen molar-refractivity contribution in [1.29, 1.82) is 0 Å². The van der Waals surface area contributed by atoms with Crippen LogP contribution in [0.5, 0.6) is 5.75 Å². The summed E-state index contributed by atoms with van der Waals surface area (Å²) in [7, 11) is 0. The third-order valence-corrected chi connectivity index (χ3v) is 3.24. The lowest BCUT2D eigenvalue weighted by atomic mass is 10.1. The van der Waals surface area contributed by atoms with E-state index in [1.165, 1.54) is 6.07 Å². The summed E-state index contributed by atoms with van der Waals surface area (Å²) in [6.45, 7) is -1.07. The van der Waals surface area contributed by atoms with Gasteiger partial charge < -0.3 is 9.47 Å². The Hall–Kier alpha value is -0.690. The molecule has 0 N–H and O–H groups in total. The summed E-state index contributed by atoms with van der Waals surface area (Å²) < 4.78 is 33.9. The standard InChI is InChI=1S/C11H10Br2F2O3/c1-2-17-10(16)7-4-9(18-11(14)15)8(13)3-6(7)5-12/h3-4,11H,2,5H2,1H3. The monoisotopic (exact) mass is 386 g/mol. The van der Waals surface area contributed by atoms with Crippen molar-refractivity contribution in [3.05, 3.63) is 27.7 Å². The zero-order valence-corrected chi connectivity index (χ0v) is 12.6. The van der Waals surface area contributed by atoms with Crippen LogP contribution in [-0.2, 0) is 10.1 Å². The largest absolute Gasteiger partial charge is 0.462 e. The maximum atomic E-state index is 12.2. The lowest BCUT2D eigenvalue weighted by Crippen LogP contribution is -2.10. The van der Waals surface area contributed by atoms with E-state index in [1.807, 2.05) is 0 Å². The number of carbonyl (C=O) groups is 1. The van der Waals surface area contributed by atoms with Gasteiger partial charge in [-0.25, -0.2) is 4.79 Å². The summed E-state index contributed by atoms with van der Waals surface area (Å²) in [6, 6.07) is 2.78. The lowest BCUT2D eigenvalue weighted by molar-refractivity contribution is -0.0504. The number of hydrogen-bond donors (Lipinski definition) is 0. The van der Waals surface area contributed by atoms with Crippen molar-refractivity contribution in [1.82, 2.24) is 0 Å². The average molecular weight is 388 g/mol. The minimum atomic E-state index is -2.95. The predicted octanol–water partition coefficient (Wildman–Crippen LogP) is 4.12. The molecular formula is C11H10Br2F2O3. The molecule has 0 unspecified atom stereocenters. The Morgan fingerprint density at radius 2 is 2.11 bits per heavy atom. The number of esters is 1. The van der Waals surface area contributed by atoms with Crippen molar-refractivity contribution in [2.24, 2.45) is 0 Å². The molecule has 0 saturated carbocycles. The summed E-state index contributed by atoms with van der Waals surface area (Å²) in [5.74, 6) is -0.670. The first-order valence-corrected chi connectivity index (χ1v) is 6.91. The van der Waals surface area contributed by atoms with Crippen LogP contribution in [0.4, 0.5) is 8.78 Å². The van der Waals surface area contributed by atoms with E-state index in [2.05, 4.69) is 36.6 Å². The molecule has 0 spiro atoms. The zero-order valence-electron chi connectivity index (χ0n) is 9.38. The van der Waals surface area contributed by atoms with Gasteiger partial charge >= 0.3 is 12.6 Å². The minimum absolute atomic E-state index is 0.0993. The van der Waals surface area contributed by atoms with Crippen molar-refractivity contribution in [3.63, 3.8) is 0 Å². The minimum Gasteiger partial charge on any atom is -0.462 e. The molecule has 100 valence electrons. The van der Waals surface area contributed by atoms with Gasteiger partial charge in [0, 0.05) is 5.33 Å². The van der Waals surface area contributed by atoms with E-state index >= 15 is 0 Å². The van der Waals surface area contributed by atoms with Crippen LogP contribution in [0.1, 0.15) is 22.8 Å². The molecular weight excluding hydrogens is 378 g/mol. The molecule has 0 fully saturated rings. The maximum absolute atomic E-state index is 12.2. The highest BCUT2D eigenvalue weighted by atomic mass is 79.9. The molecule has 1 aromatic carbocycles. The van der Waals surface area contributed by atoms with E-state index in [4.69, 9.17) is 4.74 Å². The molecule has 0 aliphatic rings. The van der Waals surface area contributed by atoms with Gasteiger partial charge in [-0.2, -0.15) is 8.78 Å². The van der Waals surface area contributed by atoms with Crippen LogP contribution >= 0.6 is 31.9 Å². The second kappa shape index (κ2) is 7.04. The molecule has 1 aromatic rings. The molecule has 0 saturated heterocycles. The fraction of sp³-hybridized carbons (Fsp3) is 0.364. The Labute approximate surface area is 120 Å². The van der Waals surface area contributed by atoms with Gasteiger partial charge in [-0.1, -0.05) is 15.9 Å². The third-order valence-electron chi connectivity index (χ3n) is 2.01. The Bertz CT molecular complexity index is 439. The van der Waals surface area contributed by atoms with Crippen LogP contribution in [0.25, 0.3) is 0 Å². The third kappa shape index (κ3) is 3.91. The molecule has 0 aliphatic heterocycles. The van der Waals surface area contributed by atoms with Gasteiger partial charge in [0.25, 0.3) is 0 Å². The van der Waals surface area contributed by atoms with E-state index in [9.17, 15) is 13.6 Å². The quantitative estimate of drug-likeness (QED) is 0.563. The van der Waals surface area contributed by atoms with Crippen molar-refractivity contribution < 1.29 is 23.0 Å². The summed E-state index contributed by atoms with van der Waals surface area (Å²) in [5.41, 5.74) is 0.828. The summed E-state index contributed by atoms with van der Waals surface area (Å²) in [5, 5.41) is 0.398. The second-order valence-electron chi connectivity index (χ2n) is 3.17. The Balaban J connectivity index is 3.17. The number of ether oxygens (including phenoxy) is 2. The predicted molar refractivity (Wildman–Crippen MR) is 69.4 cm³/mol. The number of benzene rings is 1. The molecule has 7 heteroatoms. The number of hydrogen-bond acceptors (Lipinski definition) is 3. The molecule has 0 bridgehead atoms. The van der Waals surface area contributed by atoms with Crippen molar-refractivity contribution in [2.75, 3.05) is 6.61 Å². The van der Waals surface area contributed by atoms with Gasteiger partial charge in [0.05, 0.1) is 16.6 Å².